The molecule has 2 aromatic carbocycles. The minimum Gasteiger partial charge on any atom is -0.480 e. The summed E-state index contributed by atoms with van der Waals surface area (Å²) in [7, 11) is 0. The molecule has 0 aliphatic carbocycles. The van der Waals surface area contributed by atoms with Crippen LogP contribution >= 0.6 is 0 Å². The number of benzene rings is 2. The van der Waals surface area contributed by atoms with Crippen molar-refractivity contribution in [3.05, 3.63) is 81.1 Å². The van der Waals surface area contributed by atoms with Crippen molar-refractivity contribution in [2.24, 2.45) is 5.73 Å². The molecule has 3 amide bonds. The minimum absolute atomic E-state index is 0.00979. The highest BCUT2D eigenvalue weighted by Gasteiger charge is 2.30. The molecular weight excluding hydrogens is 480 g/mol. The number of nitrogens with two attached hydrogens (primary N) is 1. The molecule has 12 nitrogen and oxygen atoms in total. The van der Waals surface area contributed by atoms with Crippen LogP contribution in [0.2, 0.25) is 0 Å². The molecule has 192 valence electrons. The van der Waals surface area contributed by atoms with Crippen LogP contribution in [0.1, 0.15) is 24.4 Å². The van der Waals surface area contributed by atoms with E-state index in [0.717, 1.165) is 15.5 Å². The number of para-hydroxylation sites is 2. The highest BCUT2D eigenvalue weighted by Crippen LogP contribution is 2.22. The summed E-state index contributed by atoms with van der Waals surface area (Å²) in [4.78, 5) is 68.4. The molecule has 37 heavy (non-hydrogen) atoms. The Hall–Kier alpha value is -4.87. The molecule has 2 unspecified atom stereocenters. The molecule has 12 heteroatoms. The summed E-state index contributed by atoms with van der Waals surface area (Å²) in [6.07, 6.45) is 1.86. The number of H-pyrrole nitrogens is 2. The fourth-order valence-electron chi connectivity index (χ4n) is 4.31. The van der Waals surface area contributed by atoms with E-state index in [1.165, 1.54) is 6.07 Å². The van der Waals surface area contributed by atoms with Gasteiger partial charge in [-0.25, -0.2) is 19.0 Å². The second-order valence-electron chi connectivity index (χ2n) is 8.56. The first-order valence-corrected chi connectivity index (χ1v) is 11.6. The van der Waals surface area contributed by atoms with Gasteiger partial charge in [-0.3, -0.25) is 9.59 Å². The van der Waals surface area contributed by atoms with E-state index in [1.54, 1.807) is 24.4 Å². The average molecular weight is 507 g/mol. The fourth-order valence-corrected chi connectivity index (χ4v) is 4.31. The van der Waals surface area contributed by atoms with E-state index in [4.69, 9.17) is 5.73 Å². The maximum Gasteiger partial charge on any atom is 0.329 e. The van der Waals surface area contributed by atoms with Crippen molar-refractivity contribution in [2.75, 3.05) is 6.54 Å². The molecule has 2 atom stereocenters. The Labute approximate surface area is 209 Å². The van der Waals surface area contributed by atoms with Gasteiger partial charge in [-0.1, -0.05) is 30.3 Å². The van der Waals surface area contributed by atoms with E-state index in [0.29, 0.717) is 11.1 Å². The number of hydrogen-bond acceptors (Lipinski definition) is 5. The van der Waals surface area contributed by atoms with E-state index in [2.05, 4.69) is 20.6 Å². The third-order valence-electron chi connectivity index (χ3n) is 6.12. The summed E-state index contributed by atoms with van der Waals surface area (Å²) < 4.78 is 0.826. The monoisotopic (exact) mass is 506 g/mol. The van der Waals surface area contributed by atoms with Gasteiger partial charge in [-0.05, 0) is 36.6 Å². The van der Waals surface area contributed by atoms with Crippen molar-refractivity contribution >= 4 is 39.7 Å². The highest BCUT2D eigenvalue weighted by molar-refractivity contribution is 5.88. The number of fused-ring (bicyclic) bond motifs is 2. The van der Waals surface area contributed by atoms with Gasteiger partial charge in [0.1, 0.15) is 12.1 Å². The summed E-state index contributed by atoms with van der Waals surface area (Å²) in [5.41, 5.74) is 5.37. The zero-order valence-corrected chi connectivity index (χ0v) is 19.7. The van der Waals surface area contributed by atoms with Crippen LogP contribution < -0.4 is 27.6 Å². The van der Waals surface area contributed by atoms with Gasteiger partial charge in [0.15, 0.2) is 0 Å². The molecular formula is C25H26N6O6. The van der Waals surface area contributed by atoms with Crippen LogP contribution in [0.3, 0.4) is 0 Å². The lowest BCUT2D eigenvalue weighted by Gasteiger charge is -2.22. The Morgan fingerprint density at radius 3 is 2.38 bits per heavy atom. The zero-order chi connectivity index (χ0) is 26.5. The smallest absolute Gasteiger partial charge is 0.329 e. The zero-order valence-electron chi connectivity index (χ0n) is 19.7. The number of aliphatic carboxylic acids is 1. The summed E-state index contributed by atoms with van der Waals surface area (Å²) in [5.74, 6) is -2.10. The summed E-state index contributed by atoms with van der Waals surface area (Å²) in [5, 5.41) is 15.5. The lowest BCUT2D eigenvalue weighted by Crippen LogP contribution is -2.49. The molecule has 0 aliphatic heterocycles. The standard InChI is InChI=1S/C25H26N6O6/c26-24(36)27-11-5-10-19(23(34)35)29-21(32)20(12-14-13-28-17-8-3-1-6-15(14)17)31-22(33)16-7-2-4-9-18(16)30-25(31)37/h1-4,6-9,13,19-20,28H,5,10-12H2,(H,29,32)(H,30,37)(H,34,35)(H3,26,27,36). The SMILES string of the molecule is NC(=O)NCCCC(NC(=O)C(Cc1c[nH]c2ccccc12)n1c(=O)[nH]c2ccccc2c1=O)C(=O)O. The summed E-state index contributed by atoms with van der Waals surface area (Å²) >= 11 is 0. The van der Waals surface area contributed by atoms with Gasteiger partial charge in [-0.2, -0.15) is 0 Å². The second kappa shape index (κ2) is 10.8. The molecule has 0 aliphatic rings. The lowest BCUT2D eigenvalue weighted by atomic mass is 10.0. The Morgan fingerprint density at radius 1 is 1.00 bits per heavy atom. The van der Waals surface area contributed by atoms with Gasteiger partial charge >= 0.3 is 17.7 Å². The maximum atomic E-state index is 13.5. The molecule has 2 heterocycles. The van der Waals surface area contributed by atoms with E-state index in [9.17, 15) is 29.1 Å². The van der Waals surface area contributed by atoms with Crippen molar-refractivity contribution in [1.29, 1.82) is 0 Å². The summed E-state index contributed by atoms with van der Waals surface area (Å²) in [6.45, 7) is 0.123. The number of amides is 3. The van der Waals surface area contributed by atoms with Gasteiger partial charge in [0.25, 0.3) is 5.56 Å². The number of carboxylic acid groups (broad SMARTS) is 1. The van der Waals surface area contributed by atoms with E-state index >= 15 is 0 Å². The summed E-state index contributed by atoms with van der Waals surface area (Å²) in [6, 6.07) is 10.4. The maximum absolute atomic E-state index is 13.5. The normalized spacial score (nSPS) is 12.8. The fraction of sp³-hybridized carbons (Fsp3) is 0.240. The largest absolute Gasteiger partial charge is 0.480 e. The predicted molar refractivity (Wildman–Crippen MR) is 136 cm³/mol. The van der Waals surface area contributed by atoms with Crippen molar-refractivity contribution in [3.63, 3.8) is 0 Å². The Balaban J connectivity index is 1.71. The number of urea groups is 1. The molecule has 7 N–H and O–H groups in total. The molecule has 0 saturated carbocycles. The number of nitrogens with zero attached hydrogens (tertiary/aromatic N) is 1. The van der Waals surface area contributed by atoms with Gasteiger partial charge < -0.3 is 31.4 Å². The number of aromatic nitrogens is 3. The molecule has 4 aromatic rings. The number of carboxylic acids is 1. The van der Waals surface area contributed by atoms with Crippen LogP contribution in [0.15, 0.2) is 64.3 Å². The minimum atomic E-state index is -1.34. The number of aromatic amines is 2. The lowest BCUT2D eigenvalue weighted by molar-refractivity contribution is -0.142. The molecule has 0 saturated heterocycles. The number of primary amides is 1. The Bertz CT molecular complexity index is 1590. The van der Waals surface area contributed by atoms with Crippen LogP contribution in [-0.4, -0.2) is 50.1 Å². The molecule has 4 rings (SSSR count). The molecule has 0 spiro atoms. The first kappa shape index (κ1) is 25.2. The highest BCUT2D eigenvalue weighted by atomic mass is 16.4. The third-order valence-corrected chi connectivity index (χ3v) is 6.12. The Kier molecular flexibility index (Phi) is 7.37. The molecule has 0 radical (unpaired) electrons. The molecule has 0 bridgehead atoms. The van der Waals surface area contributed by atoms with Crippen LogP contribution in [0.5, 0.6) is 0 Å². The second-order valence-corrected chi connectivity index (χ2v) is 8.56. The van der Waals surface area contributed by atoms with Crippen molar-refractivity contribution < 1.29 is 19.5 Å². The number of rotatable bonds is 10. The van der Waals surface area contributed by atoms with Crippen molar-refractivity contribution in [2.45, 2.75) is 31.3 Å². The third kappa shape index (κ3) is 5.53. The van der Waals surface area contributed by atoms with Crippen molar-refractivity contribution in [3.8, 4) is 0 Å². The average Bonchev–Trinajstić information content (AvgIpc) is 3.27. The van der Waals surface area contributed by atoms with Gasteiger partial charge in [0.2, 0.25) is 5.91 Å². The van der Waals surface area contributed by atoms with Crippen LogP contribution in [0.4, 0.5) is 4.79 Å². The van der Waals surface area contributed by atoms with Crippen molar-refractivity contribution in [1.82, 2.24) is 25.2 Å². The van der Waals surface area contributed by atoms with Crippen LogP contribution in [0.25, 0.3) is 21.8 Å². The van der Waals surface area contributed by atoms with E-state index in [-0.39, 0.29) is 31.2 Å². The van der Waals surface area contributed by atoms with Crippen LogP contribution in [-0.2, 0) is 16.0 Å². The Morgan fingerprint density at radius 2 is 1.68 bits per heavy atom. The molecule has 0 fully saturated rings. The van der Waals surface area contributed by atoms with Crippen LogP contribution in [0, 0.1) is 0 Å². The first-order chi connectivity index (χ1) is 17.8. The number of carbonyl (C=O) groups excluding carboxylic acids is 2. The first-order valence-electron chi connectivity index (χ1n) is 11.6. The predicted octanol–water partition coefficient (Wildman–Crippen LogP) is 0.973. The number of carbonyl (C=O) groups is 3. The van der Waals surface area contributed by atoms with E-state index in [1.807, 2.05) is 24.3 Å². The number of hydrogen-bond donors (Lipinski definition) is 6. The van der Waals surface area contributed by atoms with Gasteiger partial charge in [0.05, 0.1) is 10.9 Å². The van der Waals surface area contributed by atoms with E-state index < -0.39 is 41.2 Å². The van der Waals surface area contributed by atoms with Gasteiger partial charge in [-0.15, -0.1) is 0 Å². The number of nitrogens with one attached hydrogen (secondary N) is 4. The molecule has 2 aromatic heterocycles. The topological polar surface area (TPSA) is 192 Å². The quantitative estimate of drug-likeness (QED) is 0.174. The van der Waals surface area contributed by atoms with Gasteiger partial charge in [0, 0.05) is 30.1 Å².